The fourth-order valence-corrected chi connectivity index (χ4v) is 6.98. The third-order valence-electron chi connectivity index (χ3n) is 5.32. The van der Waals surface area contributed by atoms with E-state index in [2.05, 4.69) is 0 Å². The summed E-state index contributed by atoms with van der Waals surface area (Å²) in [5.41, 5.74) is 1.79. The Bertz CT molecular complexity index is 650. The molecule has 0 amide bonds. The van der Waals surface area contributed by atoms with Crippen LogP contribution in [0.1, 0.15) is 48.8 Å². The molecule has 122 valence electrons. The minimum atomic E-state index is -3.07. The highest BCUT2D eigenvalue weighted by atomic mass is 32.2. The molecule has 0 spiro atoms. The molecule has 2 aliphatic rings. The van der Waals surface area contributed by atoms with E-state index in [1.54, 1.807) is 7.11 Å². The molecule has 4 nitrogen and oxygen atoms in total. The van der Waals surface area contributed by atoms with E-state index in [0.717, 1.165) is 28.9 Å². The fraction of sp³-hybridized carbons (Fsp3) is 0.647. The van der Waals surface area contributed by atoms with Crippen LogP contribution in [0.5, 0.6) is 5.75 Å². The van der Waals surface area contributed by atoms with Gasteiger partial charge in [-0.25, -0.2) is 8.42 Å². The van der Waals surface area contributed by atoms with Crippen LogP contribution < -0.4 is 4.74 Å². The molecule has 1 aromatic rings. The van der Waals surface area contributed by atoms with Gasteiger partial charge in [0.2, 0.25) is 0 Å². The minimum absolute atomic E-state index is 0.319. The number of hydrogen-bond acceptors (Lipinski definition) is 4. The summed E-state index contributed by atoms with van der Waals surface area (Å²) in [5, 5.41) is 10.5. The molecule has 1 N–H and O–H groups in total. The van der Waals surface area contributed by atoms with Gasteiger partial charge < -0.3 is 9.84 Å². The SMILES string of the molecule is COc1cc(C)c(C2(O)CC3CCCC(C2)S3(=O)=O)c(C)c1. The summed E-state index contributed by atoms with van der Waals surface area (Å²) >= 11 is 0. The highest BCUT2D eigenvalue weighted by Gasteiger charge is 2.51. The van der Waals surface area contributed by atoms with Gasteiger partial charge in [0.05, 0.1) is 23.2 Å². The van der Waals surface area contributed by atoms with Crippen LogP contribution >= 0.6 is 0 Å². The van der Waals surface area contributed by atoms with E-state index in [0.29, 0.717) is 25.7 Å². The molecule has 2 unspecified atom stereocenters. The number of rotatable bonds is 2. The zero-order valence-corrected chi connectivity index (χ0v) is 14.2. The molecular formula is C17H24O4S. The lowest BCUT2D eigenvalue weighted by Gasteiger charge is -2.45. The first kappa shape index (κ1) is 15.8. The maximum Gasteiger partial charge on any atom is 0.156 e. The smallest absolute Gasteiger partial charge is 0.156 e. The van der Waals surface area contributed by atoms with E-state index in [1.807, 2.05) is 26.0 Å². The molecule has 0 radical (unpaired) electrons. The van der Waals surface area contributed by atoms with Gasteiger partial charge >= 0.3 is 0 Å². The van der Waals surface area contributed by atoms with Crippen LogP contribution in [-0.4, -0.2) is 31.1 Å². The second-order valence-corrected chi connectivity index (χ2v) is 9.35. The second kappa shape index (κ2) is 5.24. The Morgan fingerprint density at radius 2 is 1.64 bits per heavy atom. The van der Waals surface area contributed by atoms with Gasteiger partial charge in [-0.15, -0.1) is 0 Å². The van der Waals surface area contributed by atoms with Crippen molar-refractivity contribution in [2.75, 3.05) is 7.11 Å². The Labute approximate surface area is 132 Å². The minimum Gasteiger partial charge on any atom is -0.497 e. The van der Waals surface area contributed by atoms with Crippen LogP contribution in [-0.2, 0) is 15.4 Å². The Morgan fingerprint density at radius 3 is 2.09 bits per heavy atom. The molecule has 0 saturated carbocycles. The molecule has 5 heteroatoms. The van der Waals surface area contributed by atoms with Crippen molar-refractivity contribution in [2.24, 2.45) is 0 Å². The van der Waals surface area contributed by atoms with Gasteiger partial charge in [0.1, 0.15) is 5.75 Å². The Balaban J connectivity index is 2.06. The van der Waals surface area contributed by atoms with Crippen LogP contribution in [0.15, 0.2) is 12.1 Å². The van der Waals surface area contributed by atoms with E-state index in [1.165, 1.54) is 0 Å². The van der Waals surface area contributed by atoms with Crippen LogP contribution in [0.4, 0.5) is 0 Å². The Kier molecular flexibility index (Phi) is 3.76. The molecular weight excluding hydrogens is 300 g/mol. The number of methoxy groups -OCH3 is 1. The van der Waals surface area contributed by atoms with Gasteiger partial charge in [0.25, 0.3) is 0 Å². The van der Waals surface area contributed by atoms with Gasteiger partial charge in [-0.05, 0) is 68.4 Å². The number of aliphatic hydroxyl groups is 1. The Hall–Kier alpha value is -1.07. The van der Waals surface area contributed by atoms with Crippen LogP contribution in [0.25, 0.3) is 0 Å². The predicted molar refractivity (Wildman–Crippen MR) is 85.9 cm³/mol. The zero-order chi connectivity index (χ0) is 16.1. The van der Waals surface area contributed by atoms with E-state index in [-0.39, 0.29) is 0 Å². The lowest BCUT2D eigenvalue weighted by atomic mass is 9.77. The number of ether oxygens (including phenoxy) is 1. The van der Waals surface area contributed by atoms with E-state index in [9.17, 15) is 13.5 Å². The van der Waals surface area contributed by atoms with Gasteiger partial charge in [-0.1, -0.05) is 6.42 Å². The first-order valence-electron chi connectivity index (χ1n) is 7.89. The largest absolute Gasteiger partial charge is 0.497 e. The number of benzene rings is 1. The third kappa shape index (κ3) is 2.35. The van der Waals surface area contributed by atoms with Crippen molar-refractivity contribution < 1.29 is 18.3 Å². The van der Waals surface area contributed by atoms with Gasteiger partial charge in [-0.3, -0.25) is 0 Å². The van der Waals surface area contributed by atoms with Crippen LogP contribution in [0.3, 0.4) is 0 Å². The molecule has 2 aliphatic heterocycles. The lowest BCUT2D eigenvalue weighted by molar-refractivity contribution is 0.00386. The fourth-order valence-electron chi connectivity index (χ4n) is 4.43. The summed E-state index contributed by atoms with van der Waals surface area (Å²) in [4.78, 5) is 0. The van der Waals surface area contributed by atoms with Gasteiger partial charge in [0, 0.05) is 0 Å². The van der Waals surface area contributed by atoms with Gasteiger partial charge in [-0.2, -0.15) is 0 Å². The molecule has 0 aromatic heterocycles. The van der Waals surface area contributed by atoms with Crippen molar-refractivity contribution in [3.05, 3.63) is 28.8 Å². The summed E-state index contributed by atoms with van der Waals surface area (Å²) in [5.74, 6) is 0.769. The van der Waals surface area contributed by atoms with E-state index in [4.69, 9.17) is 4.74 Å². The number of hydrogen-bond donors (Lipinski definition) is 1. The lowest BCUT2D eigenvalue weighted by Crippen LogP contribution is -2.50. The zero-order valence-electron chi connectivity index (χ0n) is 13.4. The predicted octanol–water partition coefficient (Wildman–Crippen LogP) is 2.63. The van der Waals surface area contributed by atoms with Crippen molar-refractivity contribution >= 4 is 9.84 Å². The summed E-state index contributed by atoms with van der Waals surface area (Å²) in [7, 11) is -1.44. The average molecular weight is 324 g/mol. The van der Waals surface area contributed by atoms with Crippen LogP contribution in [0.2, 0.25) is 0 Å². The number of aryl methyl sites for hydroxylation is 2. The molecule has 2 bridgehead atoms. The molecule has 22 heavy (non-hydrogen) atoms. The van der Waals surface area contributed by atoms with Crippen molar-refractivity contribution in [2.45, 2.75) is 62.1 Å². The second-order valence-electron chi connectivity index (χ2n) is 6.84. The summed E-state index contributed by atoms with van der Waals surface area (Å²) in [6, 6.07) is 3.83. The molecule has 1 aromatic carbocycles. The van der Waals surface area contributed by atoms with E-state index < -0.39 is 25.9 Å². The third-order valence-corrected chi connectivity index (χ3v) is 7.98. The molecule has 3 rings (SSSR count). The average Bonchev–Trinajstić information content (AvgIpc) is 2.40. The first-order valence-corrected chi connectivity index (χ1v) is 9.49. The number of fused-ring (bicyclic) bond motifs is 2. The molecule has 2 fully saturated rings. The quantitative estimate of drug-likeness (QED) is 0.908. The molecule has 2 atom stereocenters. The van der Waals surface area contributed by atoms with Crippen molar-refractivity contribution in [1.82, 2.24) is 0 Å². The highest BCUT2D eigenvalue weighted by Crippen LogP contribution is 2.48. The number of sulfone groups is 1. The topological polar surface area (TPSA) is 63.6 Å². The molecule has 2 saturated heterocycles. The maximum atomic E-state index is 12.5. The van der Waals surface area contributed by atoms with Crippen molar-refractivity contribution in [1.29, 1.82) is 0 Å². The van der Waals surface area contributed by atoms with Crippen molar-refractivity contribution in [3.8, 4) is 5.75 Å². The first-order chi connectivity index (χ1) is 10.3. The van der Waals surface area contributed by atoms with E-state index >= 15 is 0 Å². The summed E-state index contributed by atoms with van der Waals surface area (Å²) in [6.07, 6.45) is 2.94. The highest BCUT2D eigenvalue weighted by molar-refractivity contribution is 7.92. The molecule has 0 aliphatic carbocycles. The van der Waals surface area contributed by atoms with Crippen molar-refractivity contribution in [3.63, 3.8) is 0 Å². The Morgan fingerprint density at radius 1 is 1.14 bits per heavy atom. The standard InChI is InChI=1S/C17H24O4S/c1-11-7-13(21-3)8-12(2)16(11)17(18)9-14-5-4-6-15(10-17)22(14,19)20/h7-8,14-15,18H,4-6,9-10H2,1-3H3. The summed E-state index contributed by atoms with van der Waals surface area (Å²) in [6.45, 7) is 3.92. The van der Waals surface area contributed by atoms with Crippen LogP contribution in [0, 0.1) is 13.8 Å². The monoisotopic (exact) mass is 324 g/mol. The molecule has 2 heterocycles. The van der Waals surface area contributed by atoms with Gasteiger partial charge in [0.15, 0.2) is 9.84 Å². The summed E-state index contributed by atoms with van der Waals surface area (Å²) < 4.78 is 30.2. The normalized spacial score (nSPS) is 33.5. The maximum absolute atomic E-state index is 12.5.